The van der Waals surface area contributed by atoms with Gasteiger partial charge < -0.3 is 10.1 Å². The van der Waals surface area contributed by atoms with Crippen molar-refractivity contribution in [3.63, 3.8) is 0 Å². The van der Waals surface area contributed by atoms with Crippen molar-refractivity contribution in [3.8, 4) is 0 Å². The molecule has 2 aromatic heterocycles. The molecule has 4 nitrogen and oxygen atoms in total. The molecule has 0 aliphatic carbocycles. The monoisotopic (exact) mass is 494 g/mol. The Morgan fingerprint density at radius 1 is 1.18 bits per heavy atom. The van der Waals surface area contributed by atoms with Crippen LogP contribution in [0, 0.1) is 0 Å². The summed E-state index contributed by atoms with van der Waals surface area (Å²) in [5.74, 6) is 0. The Hall–Kier alpha value is -2.77. The first-order valence-electron chi connectivity index (χ1n) is 10.1. The Balaban J connectivity index is 2.03. The average molecular weight is 495 g/mol. The number of anilines is 1. The van der Waals surface area contributed by atoms with Crippen LogP contribution in [0.15, 0.2) is 47.7 Å². The van der Waals surface area contributed by atoms with Crippen LogP contribution in [0.1, 0.15) is 49.6 Å². The highest BCUT2D eigenvalue weighted by atomic mass is 35.5. The molecule has 0 aliphatic heterocycles. The zero-order valence-corrected chi connectivity index (χ0v) is 19.9. The summed E-state index contributed by atoms with van der Waals surface area (Å²) < 4.78 is 40.8. The number of hydrogen-bond donors (Lipinski definition) is 1. The van der Waals surface area contributed by atoms with Crippen LogP contribution >= 0.6 is 23.2 Å². The Bertz CT molecular complexity index is 1290. The minimum Gasteiger partial charge on any atom is -0.398 e. The summed E-state index contributed by atoms with van der Waals surface area (Å²) in [4.78, 5) is 9.17. The molecule has 2 heterocycles. The average Bonchev–Trinajstić information content (AvgIpc) is 3.18. The molecule has 3 rings (SSSR count). The standard InChI is InChI=1S/C24H23Cl2F3N4/c1-5-13(3)18(10-31-14(4)17-9-21(30)15(6-2)7-19(17)25)22-12-33-11-16(24(27,28)29)8-20(26)23(33)32-22/h6-9,11-12H,2,5,10,30H2,1,3-4H3/b18-13+,31-14+. The molecule has 0 bridgehead atoms. The van der Waals surface area contributed by atoms with Crippen LogP contribution in [0.25, 0.3) is 17.3 Å². The number of nitrogens with two attached hydrogens (primary N) is 1. The van der Waals surface area contributed by atoms with Gasteiger partial charge >= 0.3 is 6.18 Å². The van der Waals surface area contributed by atoms with Gasteiger partial charge in [-0.25, -0.2) is 4.98 Å². The molecule has 0 radical (unpaired) electrons. The molecule has 9 heteroatoms. The molecule has 3 aromatic rings. The van der Waals surface area contributed by atoms with E-state index < -0.39 is 11.7 Å². The third-order valence-electron chi connectivity index (χ3n) is 5.45. The van der Waals surface area contributed by atoms with E-state index in [1.807, 2.05) is 20.8 Å². The lowest BCUT2D eigenvalue weighted by Gasteiger charge is -2.10. The van der Waals surface area contributed by atoms with E-state index >= 15 is 0 Å². The Labute approximate surface area is 200 Å². The first-order chi connectivity index (χ1) is 15.5. The predicted octanol–water partition coefficient (Wildman–Crippen LogP) is 7.58. The maximum atomic E-state index is 13.2. The highest BCUT2D eigenvalue weighted by molar-refractivity contribution is 6.34. The van der Waals surface area contributed by atoms with Gasteiger partial charge in [0, 0.05) is 29.4 Å². The number of nitrogen functional groups attached to an aromatic ring is 1. The Kier molecular flexibility index (Phi) is 7.24. The molecule has 2 N–H and O–H groups in total. The van der Waals surface area contributed by atoms with Gasteiger partial charge in [-0.15, -0.1) is 0 Å². The number of benzene rings is 1. The van der Waals surface area contributed by atoms with E-state index in [0.717, 1.165) is 35.4 Å². The van der Waals surface area contributed by atoms with E-state index in [-0.39, 0.29) is 17.2 Å². The smallest absolute Gasteiger partial charge is 0.398 e. The van der Waals surface area contributed by atoms with Crippen LogP contribution in [-0.4, -0.2) is 21.6 Å². The van der Waals surface area contributed by atoms with Crippen LogP contribution < -0.4 is 5.73 Å². The molecule has 0 saturated carbocycles. The van der Waals surface area contributed by atoms with Crippen molar-refractivity contribution in [1.82, 2.24) is 9.38 Å². The minimum atomic E-state index is -4.51. The number of aromatic nitrogens is 2. The fraction of sp³-hybridized carbons (Fsp3) is 0.250. The number of imidazole rings is 1. The van der Waals surface area contributed by atoms with E-state index in [4.69, 9.17) is 28.9 Å². The highest BCUT2D eigenvalue weighted by Crippen LogP contribution is 2.33. The van der Waals surface area contributed by atoms with Crippen LogP contribution in [0.2, 0.25) is 10.0 Å². The second-order valence-corrected chi connectivity index (χ2v) is 8.43. The maximum absolute atomic E-state index is 13.2. The lowest BCUT2D eigenvalue weighted by Crippen LogP contribution is -2.06. The zero-order valence-electron chi connectivity index (χ0n) is 18.4. The molecule has 0 aliphatic rings. The molecule has 0 saturated heterocycles. The van der Waals surface area contributed by atoms with Gasteiger partial charge in [-0.2, -0.15) is 13.2 Å². The Morgan fingerprint density at radius 2 is 1.88 bits per heavy atom. The van der Waals surface area contributed by atoms with Crippen LogP contribution in [0.5, 0.6) is 0 Å². The first kappa shape index (κ1) is 24.9. The quantitative estimate of drug-likeness (QED) is 0.283. The molecule has 0 amide bonds. The van der Waals surface area contributed by atoms with Gasteiger partial charge in [0.15, 0.2) is 5.65 Å². The summed E-state index contributed by atoms with van der Waals surface area (Å²) in [6.45, 7) is 9.73. The highest BCUT2D eigenvalue weighted by Gasteiger charge is 2.32. The molecular weight excluding hydrogens is 472 g/mol. The number of allylic oxidation sites excluding steroid dienone is 1. The van der Waals surface area contributed by atoms with Crippen molar-refractivity contribution < 1.29 is 13.2 Å². The fourth-order valence-corrected chi connectivity index (χ4v) is 3.91. The SMILES string of the molecule is C=Cc1cc(Cl)c(/C(C)=N/C/C(=C(/C)CC)c2cn3cc(C(F)(F)F)cc(Cl)c3n2)cc1N. The summed E-state index contributed by atoms with van der Waals surface area (Å²) in [6, 6.07) is 4.36. The van der Waals surface area contributed by atoms with Crippen molar-refractivity contribution in [2.24, 2.45) is 4.99 Å². The van der Waals surface area contributed by atoms with Gasteiger partial charge in [0.1, 0.15) is 0 Å². The third kappa shape index (κ3) is 5.25. The summed E-state index contributed by atoms with van der Waals surface area (Å²) in [7, 11) is 0. The number of fused-ring (bicyclic) bond motifs is 1. The number of alkyl halides is 3. The van der Waals surface area contributed by atoms with E-state index in [0.29, 0.717) is 27.7 Å². The first-order valence-corrected chi connectivity index (χ1v) is 10.9. The van der Waals surface area contributed by atoms with Crippen molar-refractivity contribution >= 4 is 51.9 Å². The summed E-state index contributed by atoms with van der Waals surface area (Å²) >= 11 is 12.5. The zero-order chi connectivity index (χ0) is 24.5. The van der Waals surface area contributed by atoms with Crippen molar-refractivity contribution in [1.29, 1.82) is 0 Å². The molecular formula is C24H23Cl2F3N4. The molecule has 1 aromatic carbocycles. The number of rotatable bonds is 6. The van der Waals surface area contributed by atoms with Crippen molar-refractivity contribution in [2.75, 3.05) is 12.3 Å². The van der Waals surface area contributed by atoms with Crippen LogP contribution in [0.4, 0.5) is 18.9 Å². The van der Waals surface area contributed by atoms with Gasteiger partial charge in [0.05, 0.1) is 27.8 Å². The van der Waals surface area contributed by atoms with Gasteiger partial charge in [-0.05, 0) is 49.6 Å². The van der Waals surface area contributed by atoms with Gasteiger partial charge in [0.2, 0.25) is 0 Å². The molecule has 33 heavy (non-hydrogen) atoms. The summed E-state index contributed by atoms with van der Waals surface area (Å²) in [5, 5.41) is 0.422. The molecule has 0 unspecified atom stereocenters. The third-order valence-corrected chi connectivity index (χ3v) is 6.04. The normalized spacial score (nSPS) is 13.4. The van der Waals surface area contributed by atoms with E-state index in [1.54, 1.807) is 24.4 Å². The number of halogens is 5. The predicted molar refractivity (Wildman–Crippen MR) is 131 cm³/mol. The van der Waals surface area contributed by atoms with E-state index in [2.05, 4.69) is 16.6 Å². The number of pyridine rings is 1. The fourth-order valence-electron chi connectivity index (χ4n) is 3.35. The molecule has 0 fully saturated rings. The van der Waals surface area contributed by atoms with E-state index in [9.17, 15) is 13.2 Å². The molecule has 174 valence electrons. The Morgan fingerprint density at radius 3 is 2.48 bits per heavy atom. The number of nitrogens with zero attached hydrogens (tertiary/aromatic N) is 3. The topological polar surface area (TPSA) is 55.7 Å². The van der Waals surface area contributed by atoms with Gasteiger partial charge in [-0.3, -0.25) is 4.99 Å². The largest absolute Gasteiger partial charge is 0.417 e. The van der Waals surface area contributed by atoms with E-state index in [1.165, 1.54) is 4.40 Å². The number of hydrogen-bond acceptors (Lipinski definition) is 3. The lowest BCUT2D eigenvalue weighted by atomic mass is 10.0. The number of aliphatic imine (C=N–C) groups is 1. The summed E-state index contributed by atoms with van der Waals surface area (Å²) in [6.07, 6.45) is 0.362. The second-order valence-electron chi connectivity index (χ2n) is 7.61. The minimum absolute atomic E-state index is 0.0752. The van der Waals surface area contributed by atoms with Crippen molar-refractivity contribution in [2.45, 2.75) is 33.4 Å². The summed E-state index contributed by atoms with van der Waals surface area (Å²) in [5.41, 5.74) is 10.4. The van der Waals surface area contributed by atoms with Crippen LogP contribution in [-0.2, 0) is 6.18 Å². The second kappa shape index (κ2) is 9.61. The van der Waals surface area contributed by atoms with Gasteiger partial charge in [-0.1, -0.05) is 48.4 Å². The van der Waals surface area contributed by atoms with Gasteiger partial charge in [0.25, 0.3) is 0 Å². The molecule has 0 atom stereocenters. The maximum Gasteiger partial charge on any atom is 0.417 e. The van der Waals surface area contributed by atoms with Crippen molar-refractivity contribution in [3.05, 3.63) is 75.2 Å². The molecule has 0 spiro atoms. The lowest BCUT2D eigenvalue weighted by molar-refractivity contribution is -0.137. The van der Waals surface area contributed by atoms with Crippen LogP contribution in [0.3, 0.4) is 0 Å².